The second-order valence-corrected chi connectivity index (χ2v) is 13.4. The predicted octanol–water partition coefficient (Wildman–Crippen LogP) is 0.599. The molecule has 0 fully saturated rings. The third-order valence-corrected chi connectivity index (χ3v) is 8.24. The molecule has 1 aromatic carbocycles. The molecule has 2 atom stereocenters. The van der Waals surface area contributed by atoms with E-state index in [4.69, 9.17) is 0 Å². The van der Waals surface area contributed by atoms with Gasteiger partial charge in [-0.15, -0.1) is 0 Å². The van der Waals surface area contributed by atoms with Crippen molar-refractivity contribution in [3.63, 3.8) is 0 Å². The molecule has 0 aromatic heterocycles. The maximum absolute atomic E-state index is 13.9. The Morgan fingerprint density at radius 3 is 2.42 bits per heavy atom. The average Bonchev–Trinajstić information content (AvgIpc) is 2.28. The average molecular weight is 350 g/mol. The van der Waals surface area contributed by atoms with E-state index in [2.05, 4.69) is 0 Å². The minimum atomic E-state index is -3.20. The molecule has 1 aromatic rings. The Morgan fingerprint density at radius 1 is 1.47 bits per heavy atom. The van der Waals surface area contributed by atoms with Gasteiger partial charge in [-0.3, -0.25) is 0 Å². The van der Waals surface area contributed by atoms with Crippen molar-refractivity contribution >= 4 is 33.0 Å². The summed E-state index contributed by atoms with van der Waals surface area (Å²) in [5, 5.41) is 9.22. The van der Waals surface area contributed by atoms with Gasteiger partial charge < -0.3 is 0 Å². The zero-order valence-corrected chi connectivity index (χ0v) is 13.8. The van der Waals surface area contributed by atoms with Crippen LogP contribution in [0.3, 0.4) is 0 Å². The second-order valence-electron chi connectivity index (χ2n) is 4.56. The molecular formula is C12H16AsFO4S. The van der Waals surface area contributed by atoms with E-state index in [0.29, 0.717) is 12.0 Å². The number of rotatable bonds is 5. The first-order chi connectivity index (χ1) is 8.60. The monoisotopic (exact) mass is 350 g/mol. The Labute approximate surface area is 117 Å². The van der Waals surface area contributed by atoms with E-state index in [0.717, 1.165) is 12.3 Å². The van der Waals surface area contributed by atoms with Crippen molar-refractivity contribution in [2.45, 2.75) is 25.7 Å². The van der Waals surface area contributed by atoms with Gasteiger partial charge in [0.15, 0.2) is 0 Å². The van der Waals surface area contributed by atoms with Crippen LogP contribution in [0.15, 0.2) is 18.2 Å². The van der Waals surface area contributed by atoms with E-state index >= 15 is 0 Å². The molecule has 0 heterocycles. The molecule has 0 saturated heterocycles. The van der Waals surface area contributed by atoms with Crippen molar-refractivity contribution in [1.82, 2.24) is 0 Å². The number of benzene rings is 1. The fourth-order valence-electron chi connectivity index (χ4n) is 1.62. The standard InChI is InChI=1S/C12H16AsFO4S/c1-4-12(2,11(15)16)8-5-6-9(10(14)7-8)13-19(3,17)18/h5-7,13H,4H2,1-3H3,(H,15,16). The van der Waals surface area contributed by atoms with Gasteiger partial charge >= 0.3 is 117 Å². The van der Waals surface area contributed by atoms with Crippen LogP contribution in [0, 0.1) is 5.82 Å². The number of halogens is 1. The first kappa shape index (κ1) is 16.2. The van der Waals surface area contributed by atoms with Crippen LogP contribution in [-0.4, -0.2) is 40.3 Å². The molecule has 7 heteroatoms. The number of aliphatic carboxylic acids is 1. The maximum atomic E-state index is 13.9. The summed E-state index contributed by atoms with van der Waals surface area (Å²) < 4.78 is 36.4. The van der Waals surface area contributed by atoms with Crippen LogP contribution >= 0.6 is 0 Å². The SMILES string of the molecule is CCC(C)(C(=O)O)c1ccc([AsH]S(C)(=O)=O)c(F)c1. The zero-order chi connectivity index (χ0) is 14.8. The molecule has 0 aliphatic carbocycles. The quantitative estimate of drug-likeness (QED) is 0.790. The fraction of sp³-hybridized carbons (Fsp3) is 0.417. The predicted molar refractivity (Wildman–Crippen MR) is 73.3 cm³/mol. The van der Waals surface area contributed by atoms with Crippen molar-refractivity contribution in [3.8, 4) is 0 Å². The van der Waals surface area contributed by atoms with Gasteiger partial charge in [-0.2, -0.15) is 0 Å². The number of hydrogen-bond donors (Lipinski definition) is 1. The van der Waals surface area contributed by atoms with E-state index in [9.17, 15) is 22.7 Å². The zero-order valence-electron chi connectivity index (χ0n) is 10.9. The first-order valence-electron chi connectivity index (χ1n) is 5.61. The molecule has 0 spiro atoms. The summed E-state index contributed by atoms with van der Waals surface area (Å²) in [4.78, 5) is 11.3. The van der Waals surface area contributed by atoms with Gasteiger partial charge in [0.1, 0.15) is 0 Å². The molecule has 2 unspecified atom stereocenters. The summed E-state index contributed by atoms with van der Waals surface area (Å²) in [5.41, 5.74) is -0.811. The van der Waals surface area contributed by atoms with Crippen molar-refractivity contribution in [2.75, 3.05) is 6.26 Å². The van der Waals surface area contributed by atoms with E-state index < -0.39 is 39.9 Å². The number of carboxylic acids is 1. The summed E-state index contributed by atoms with van der Waals surface area (Å²) in [6, 6.07) is 4.04. The number of hydrogen-bond acceptors (Lipinski definition) is 3. The van der Waals surface area contributed by atoms with Gasteiger partial charge in [0.2, 0.25) is 0 Å². The van der Waals surface area contributed by atoms with E-state index in [1.54, 1.807) is 6.92 Å². The number of carboxylic acid groups (broad SMARTS) is 1. The van der Waals surface area contributed by atoms with Crippen molar-refractivity contribution in [3.05, 3.63) is 29.6 Å². The molecule has 0 aliphatic heterocycles. The van der Waals surface area contributed by atoms with Gasteiger partial charge in [-0.05, 0) is 0 Å². The summed E-state index contributed by atoms with van der Waals surface area (Å²) in [6.45, 7) is 3.24. The molecule has 4 nitrogen and oxygen atoms in total. The Kier molecular flexibility index (Phi) is 4.80. The molecule has 19 heavy (non-hydrogen) atoms. The van der Waals surface area contributed by atoms with Crippen LogP contribution in [-0.2, 0) is 18.3 Å². The van der Waals surface area contributed by atoms with Gasteiger partial charge in [-0.1, -0.05) is 0 Å². The molecule has 0 saturated carbocycles. The van der Waals surface area contributed by atoms with Gasteiger partial charge in [0.05, 0.1) is 0 Å². The van der Waals surface area contributed by atoms with E-state index in [1.165, 1.54) is 19.1 Å². The van der Waals surface area contributed by atoms with Crippen LogP contribution in [0.4, 0.5) is 4.39 Å². The molecule has 106 valence electrons. The van der Waals surface area contributed by atoms with E-state index in [1.807, 2.05) is 0 Å². The molecule has 0 aliphatic rings. The molecule has 0 radical (unpaired) electrons. The van der Waals surface area contributed by atoms with Crippen LogP contribution in [0.1, 0.15) is 25.8 Å². The van der Waals surface area contributed by atoms with Crippen LogP contribution in [0.5, 0.6) is 0 Å². The Morgan fingerprint density at radius 2 is 2.05 bits per heavy atom. The van der Waals surface area contributed by atoms with Crippen LogP contribution < -0.4 is 4.35 Å². The molecule has 1 rings (SSSR count). The van der Waals surface area contributed by atoms with Crippen molar-refractivity contribution < 1.29 is 22.7 Å². The molecule has 0 bridgehead atoms. The Balaban J connectivity index is 3.23. The summed E-state index contributed by atoms with van der Waals surface area (Å²) in [6.07, 6.45) is 1.40. The van der Waals surface area contributed by atoms with Gasteiger partial charge in [-0.25, -0.2) is 0 Å². The summed E-state index contributed by atoms with van der Waals surface area (Å²) in [7, 11) is -3.20. The minimum absolute atomic E-state index is 0.176. The van der Waals surface area contributed by atoms with Gasteiger partial charge in [0, 0.05) is 0 Å². The van der Waals surface area contributed by atoms with Crippen molar-refractivity contribution in [1.29, 1.82) is 0 Å². The fourth-order valence-corrected chi connectivity index (χ4v) is 6.07. The van der Waals surface area contributed by atoms with Crippen LogP contribution in [0.25, 0.3) is 0 Å². The molecule has 1 N–H and O–H groups in total. The van der Waals surface area contributed by atoms with Crippen LogP contribution in [0.2, 0.25) is 0 Å². The third-order valence-electron chi connectivity index (χ3n) is 3.08. The van der Waals surface area contributed by atoms with Crippen molar-refractivity contribution in [2.24, 2.45) is 0 Å². The first-order valence-corrected chi connectivity index (χ1v) is 11.1. The summed E-state index contributed by atoms with van der Waals surface area (Å²) in [5.74, 6) is -1.66. The number of carbonyl (C=O) groups is 1. The van der Waals surface area contributed by atoms with Gasteiger partial charge in [0.25, 0.3) is 0 Å². The normalized spacial score (nSPS) is 15.6. The Hall–Kier alpha value is -0.872. The molecule has 0 amide bonds. The third kappa shape index (κ3) is 3.80. The molecular weight excluding hydrogens is 334 g/mol. The second kappa shape index (κ2) is 5.63. The topological polar surface area (TPSA) is 71.4 Å². The Bertz CT molecular complexity index is 600. The summed E-state index contributed by atoms with van der Waals surface area (Å²) >= 11 is -1.60. The van der Waals surface area contributed by atoms with E-state index in [-0.39, 0.29) is 4.35 Å².